The molecule has 2 amide bonds. The molecule has 0 atom stereocenters. The van der Waals surface area contributed by atoms with E-state index in [1.807, 2.05) is 0 Å². The van der Waals surface area contributed by atoms with Crippen LogP contribution in [0.25, 0.3) is 0 Å². The first-order valence-corrected chi connectivity index (χ1v) is 6.42. The summed E-state index contributed by atoms with van der Waals surface area (Å²) in [5.74, 6) is -0.785. The van der Waals surface area contributed by atoms with Gasteiger partial charge in [0.2, 0.25) is 11.8 Å². The summed E-state index contributed by atoms with van der Waals surface area (Å²) in [5.41, 5.74) is 20.1. The number of nitrogens with one attached hydrogen (secondary N) is 2. The Kier molecular flexibility index (Phi) is 17.8. The highest BCUT2D eigenvalue weighted by molar-refractivity contribution is 5.76. The van der Waals surface area contributed by atoms with E-state index in [1.54, 1.807) is 0 Å². The van der Waals surface area contributed by atoms with Gasteiger partial charge in [-0.3, -0.25) is 9.59 Å². The maximum atomic E-state index is 10.1. The summed E-state index contributed by atoms with van der Waals surface area (Å²) in [4.78, 5) is 20.1. The summed E-state index contributed by atoms with van der Waals surface area (Å²) in [6.45, 7) is 5.14. The van der Waals surface area contributed by atoms with Gasteiger partial charge >= 0.3 is 0 Å². The van der Waals surface area contributed by atoms with Crippen LogP contribution in [0.3, 0.4) is 0 Å². The smallest absolute Gasteiger partial charge is 0.217 e. The van der Waals surface area contributed by atoms with Gasteiger partial charge in [0.05, 0.1) is 0 Å². The van der Waals surface area contributed by atoms with E-state index in [4.69, 9.17) is 22.9 Å². The number of rotatable bonds is 11. The first-order valence-electron chi connectivity index (χ1n) is 6.42. The minimum atomic E-state index is -0.392. The molecular formula is C11H28N6O2. The van der Waals surface area contributed by atoms with Crippen LogP contribution in [0.15, 0.2) is 0 Å². The molecule has 0 aromatic carbocycles. The second-order valence-electron chi connectivity index (χ2n) is 3.86. The van der Waals surface area contributed by atoms with Gasteiger partial charge in [0.1, 0.15) is 0 Å². The van der Waals surface area contributed by atoms with Crippen LogP contribution in [0, 0.1) is 0 Å². The molecule has 0 fully saturated rings. The lowest BCUT2D eigenvalue weighted by molar-refractivity contribution is -0.119. The average molecular weight is 276 g/mol. The topological polar surface area (TPSA) is 162 Å². The molecule has 0 aliphatic heterocycles. The number of carbonyl (C=O) groups is 2. The van der Waals surface area contributed by atoms with Crippen molar-refractivity contribution in [1.82, 2.24) is 10.6 Å². The molecule has 114 valence electrons. The third kappa shape index (κ3) is 26.4. The van der Waals surface area contributed by atoms with Crippen molar-refractivity contribution in [1.29, 1.82) is 0 Å². The first-order chi connectivity index (χ1) is 9.04. The summed E-state index contributed by atoms with van der Waals surface area (Å²) in [6.07, 6.45) is 0.941. The fraction of sp³-hybridized carbons (Fsp3) is 0.818. The molecule has 10 N–H and O–H groups in total. The van der Waals surface area contributed by atoms with E-state index < -0.39 is 11.8 Å². The molecule has 0 aromatic rings. The van der Waals surface area contributed by atoms with E-state index in [0.717, 1.165) is 26.2 Å². The summed E-state index contributed by atoms with van der Waals surface area (Å²) in [6, 6.07) is 0. The highest BCUT2D eigenvalue weighted by Crippen LogP contribution is 1.91. The lowest BCUT2D eigenvalue weighted by Crippen LogP contribution is -2.32. The summed E-state index contributed by atoms with van der Waals surface area (Å²) in [5, 5.41) is 6.33. The number of primary amides is 2. The molecular weight excluding hydrogens is 248 g/mol. The van der Waals surface area contributed by atoms with Gasteiger partial charge in [-0.25, -0.2) is 0 Å². The highest BCUT2D eigenvalue weighted by Gasteiger charge is 1.96. The van der Waals surface area contributed by atoms with Crippen LogP contribution in [-0.2, 0) is 9.59 Å². The molecule has 0 saturated carbocycles. The summed E-state index contributed by atoms with van der Waals surface area (Å²) >= 11 is 0. The third-order valence-electron chi connectivity index (χ3n) is 1.97. The quantitative estimate of drug-likeness (QED) is 0.223. The van der Waals surface area contributed by atoms with Gasteiger partial charge in [-0.2, -0.15) is 0 Å². The van der Waals surface area contributed by atoms with E-state index in [9.17, 15) is 9.59 Å². The van der Waals surface area contributed by atoms with Crippen molar-refractivity contribution in [3.8, 4) is 0 Å². The van der Waals surface area contributed by atoms with Crippen molar-refractivity contribution in [3.05, 3.63) is 0 Å². The van der Waals surface area contributed by atoms with E-state index in [2.05, 4.69) is 10.6 Å². The molecule has 19 heavy (non-hydrogen) atoms. The normalized spacial score (nSPS) is 9.58. The predicted molar refractivity (Wildman–Crippen MR) is 76.1 cm³/mol. The predicted octanol–water partition coefficient (Wildman–Crippen LogP) is -2.79. The zero-order chi connectivity index (χ0) is 14.9. The van der Waals surface area contributed by atoms with Gasteiger partial charge in [-0.1, -0.05) is 0 Å². The molecule has 0 radical (unpaired) electrons. The van der Waals surface area contributed by atoms with E-state index in [-0.39, 0.29) is 12.8 Å². The summed E-state index contributed by atoms with van der Waals surface area (Å²) in [7, 11) is 0. The van der Waals surface area contributed by atoms with Crippen molar-refractivity contribution in [2.24, 2.45) is 22.9 Å². The standard InChI is InChI=1S/C6H18N4.C5H10N2O2/c7-1-3-9-5-6-10-4-2-8;6-4(8)2-1-3-5(7)9/h9-10H,1-8H2;1-3H2,(H2,6,8)(H2,7,9). The van der Waals surface area contributed by atoms with Gasteiger partial charge < -0.3 is 33.6 Å². The number of carbonyl (C=O) groups excluding carboxylic acids is 2. The Morgan fingerprint density at radius 2 is 1.11 bits per heavy atom. The second kappa shape index (κ2) is 16.8. The lowest BCUT2D eigenvalue weighted by atomic mass is 10.2. The Hall–Kier alpha value is -1.22. The fourth-order valence-corrected chi connectivity index (χ4v) is 1.07. The van der Waals surface area contributed by atoms with E-state index in [0.29, 0.717) is 19.5 Å². The fourth-order valence-electron chi connectivity index (χ4n) is 1.07. The molecule has 0 aliphatic carbocycles. The van der Waals surface area contributed by atoms with Gasteiger partial charge in [0.25, 0.3) is 0 Å². The number of hydrogen-bond acceptors (Lipinski definition) is 6. The molecule has 0 heterocycles. The van der Waals surface area contributed by atoms with Crippen LogP contribution in [-0.4, -0.2) is 51.1 Å². The first kappa shape index (κ1) is 20.1. The van der Waals surface area contributed by atoms with Crippen molar-refractivity contribution in [3.63, 3.8) is 0 Å². The van der Waals surface area contributed by atoms with Gasteiger partial charge in [-0.05, 0) is 6.42 Å². The zero-order valence-corrected chi connectivity index (χ0v) is 11.5. The van der Waals surface area contributed by atoms with Crippen LogP contribution in [0.4, 0.5) is 0 Å². The third-order valence-corrected chi connectivity index (χ3v) is 1.97. The van der Waals surface area contributed by atoms with Gasteiger partial charge in [0, 0.05) is 52.1 Å². The van der Waals surface area contributed by atoms with Crippen LogP contribution >= 0.6 is 0 Å². The van der Waals surface area contributed by atoms with Crippen molar-refractivity contribution >= 4 is 11.8 Å². The molecule has 8 heteroatoms. The summed E-state index contributed by atoms with van der Waals surface area (Å²) < 4.78 is 0. The van der Waals surface area contributed by atoms with Crippen molar-refractivity contribution in [2.45, 2.75) is 19.3 Å². The minimum Gasteiger partial charge on any atom is -0.370 e. The Morgan fingerprint density at radius 3 is 1.37 bits per heavy atom. The number of amides is 2. The van der Waals surface area contributed by atoms with Crippen molar-refractivity contribution in [2.75, 3.05) is 39.3 Å². The van der Waals surface area contributed by atoms with Crippen LogP contribution in [0.2, 0.25) is 0 Å². The molecule has 0 rings (SSSR count). The Labute approximate surface area is 114 Å². The molecule has 0 unspecified atom stereocenters. The van der Waals surface area contributed by atoms with Crippen LogP contribution < -0.4 is 33.6 Å². The highest BCUT2D eigenvalue weighted by atomic mass is 16.1. The zero-order valence-electron chi connectivity index (χ0n) is 11.5. The minimum absolute atomic E-state index is 0.239. The lowest BCUT2D eigenvalue weighted by Gasteiger charge is -2.03. The maximum absolute atomic E-state index is 10.1. The Balaban J connectivity index is 0. The van der Waals surface area contributed by atoms with Gasteiger partial charge in [-0.15, -0.1) is 0 Å². The van der Waals surface area contributed by atoms with Crippen molar-refractivity contribution < 1.29 is 9.59 Å². The monoisotopic (exact) mass is 276 g/mol. The Bertz CT molecular complexity index is 203. The molecule has 0 saturated heterocycles. The molecule has 8 nitrogen and oxygen atoms in total. The average Bonchev–Trinajstić information content (AvgIpc) is 2.33. The SMILES string of the molecule is NC(=O)CCCC(N)=O.NCCNCCNCCN. The van der Waals surface area contributed by atoms with Gasteiger partial charge in [0.15, 0.2) is 0 Å². The molecule has 0 bridgehead atoms. The van der Waals surface area contributed by atoms with Crippen LogP contribution in [0.1, 0.15) is 19.3 Å². The number of hydrogen-bond donors (Lipinski definition) is 6. The number of nitrogens with two attached hydrogens (primary N) is 4. The molecule has 0 aliphatic rings. The Morgan fingerprint density at radius 1 is 0.737 bits per heavy atom. The molecule has 0 spiro atoms. The van der Waals surface area contributed by atoms with Crippen LogP contribution in [0.5, 0.6) is 0 Å². The molecule has 0 aromatic heterocycles. The maximum Gasteiger partial charge on any atom is 0.217 e. The second-order valence-corrected chi connectivity index (χ2v) is 3.86. The van der Waals surface area contributed by atoms with E-state index >= 15 is 0 Å². The van der Waals surface area contributed by atoms with E-state index in [1.165, 1.54) is 0 Å². The largest absolute Gasteiger partial charge is 0.370 e.